The van der Waals surface area contributed by atoms with E-state index in [4.69, 9.17) is 9.47 Å². The molecule has 2 aromatic carbocycles. The molecule has 5 rings (SSSR count). The van der Waals surface area contributed by atoms with E-state index in [1.807, 2.05) is 6.07 Å². The Kier molecular flexibility index (Phi) is 4.29. The average Bonchev–Trinajstić information content (AvgIpc) is 3.35. The third kappa shape index (κ3) is 3.25. The van der Waals surface area contributed by atoms with Crippen LogP contribution >= 0.6 is 0 Å². The predicted molar refractivity (Wildman–Crippen MR) is 107 cm³/mol. The van der Waals surface area contributed by atoms with Gasteiger partial charge in [-0.1, -0.05) is 30.3 Å². The van der Waals surface area contributed by atoms with Crippen molar-refractivity contribution < 1.29 is 14.3 Å². The zero-order valence-electron chi connectivity index (χ0n) is 15.4. The van der Waals surface area contributed by atoms with Crippen molar-refractivity contribution in [3.8, 4) is 17.0 Å². The van der Waals surface area contributed by atoms with Crippen molar-refractivity contribution in [2.75, 3.05) is 18.5 Å². The van der Waals surface area contributed by atoms with Crippen molar-refractivity contribution in [1.29, 1.82) is 0 Å². The van der Waals surface area contributed by atoms with Crippen molar-refractivity contribution in [2.45, 2.75) is 18.9 Å². The fourth-order valence-corrected chi connectivity index (χ4v) is 3.79. The van der Waals surface area contributed by atoms with Crippen molar-refractivity contribution in [3.05, 3.63) is 77.5 Å². The average molecular weight is 372 g/mol. The van der Waals surface area contributed by atoms with E-state index in [2.05, 4.69) is 46.7 Å². The largest absolute Gasteiger partial charge is 0.472 e. The van der Waals surface area contributed by atoms with E-state index in [9.17, 15) is 4.79 Å². The molecular formula is C23H20N2O3. The first-order valence-corrected chi connectivity index (χ1v) is 9.49. The molecule has 5 nitrogen and oxygen atoms in total. The standard InChI is InChI=1S/C23H20N2O3/c26-23(16-5-8-22(24-13-16)28-19-9-10-27-14-19)25-18-6-7-21-17(12-18)11-15-3-1-2-4-20(15)21/h1-8,12-13,19H,9-11,14H2,(H,25,26). The maximum Gasteiger partial charge on any atom is 0.257 e. The molecule has 1 atom stereocenters. The molecule has 2 aliphatic rings. The monoisotopic (exact) mass is 372 g/mol. The minimum atomic E-state index is -0.182. The van der Waals surface area contributed by atoms with Gasteiger partial charge in [-0.25, -0.2) is 4.98 Å². The molecule has 1 aliphatic carbocycles. The molecule has 5 heteroatoms. The Bertz CT molecular complexity index is 1020. The van der Waals surface area contributed by atoms with E-state index in [1.165, 1.54) is 22.3 Å². The van der Waals surface area contributed by atoms with Gasteiger partial charge in [0, 0.05) is 24.4 Å². The quantitative estimate of drug-likeness (QED) is 0.587. The molecule has 0 spiro atoms. The van der Waals surface area contributed by atoms with Gasteiger partial charge in [-0.05, 0) is 46.9 Å². The lowest BCUT2D eigenvalue weighted by molar-refractivity contribution is 0.102. The summed E-state index contributed by atoms with van der Waals surface area (Å²) >= 11 is 0. The van der Waals surface area contributed by atoms with Crippen LogP contribution in [0.1, 0.15) is 27.9 Å². The number of rotatable bonds is 4. The summed E-state index contributed by atoms with van der Waals surface area (Å²) in [7, 11) is 0. The third-order valence-corrected chi connectivity index (χ3v) is 5.23. The zero-order chi connectivity index (χ0) is 18.9. The van der Waals surface area contributed by atoms with Gasteiger partial charge >= 0.3 is 0 Å². The second kappa shape index (κ2) is 7.09. The number of nitrogens with zero attached hydrogens (tertiary/aromatic N) is 1. The molecule has 1 saturated heterocycles. The van der Waals surface area contributed by atoms with Crippen LogP contribution in [0.25, 0.3) is 11.1 Å². The molecule has 1 unspecified atom stereocenters. The maximum atomic E-state index is 12.6. The maximum absolute atomic E-state index is 12.6. The van der Waals surface area contributed by atoms with Crippen molar-refractivity contribution in [3.63, 3.8) is 0 Å². The lowest BCUT2D eigenvalue weighted by atomic mass is 10.1. The number of amides is 1. The van der Waals surface area contributed by atoms with Gasteiger partial charge in [0.2, 0.25) is 5.88 Å². The molecule has 1 fully saturated rings. The van der Waals surface area contributed by atoms with Gasteiger partial charge in [0.25, 0.3) is 5.91 Å². The van der Waals surface area contributed by atoms with E-state index < -0.39 is 0 Å². The summed E-state index contributed by atoms with van der Waals surface area (Å²) in [5, 5.41) is 2.97. The first-order chi connectivity index (χ1) is 13.8. The van der Waals surface area contributed by atoms with Gasteiger partial charge in [-0.3, -0.25) is 4.79 Å². The van der Waals surface area contributed by atoms with Crippen LogP contribution in [-0.4, -0.2) is 30.2 Å². The molecule has 0 bridgehead atoms. The second-order valence-electron chi connectivity index (χ2n) is 7.15. The number of fused-ring (bicyclic) bond motifs is 3. The number of benzene rings is 2. The van der Waals surface area contributed by atoms with Crippen molar-refractivity contribution in [2.24, 2.45) is 0 Å². The Labute approximate surface area is 163 Å². The number of anilines is 1. The van der Waals surface area contributed by atoms with Crippen LogP contribution in [0.2, 0.25) is 0 Å². The van der Waals surface area contributed by atoms with E-state index in [-0.39, 0.29) is 12.0 Å². The smallest absolute Gasteiger partial charge is 0.257 e. The molecule has 3 aromatic rings. The second-order valence-corrected chi connectivity index (χ2v) is 7.15. The van der Waals surface area contributed by atoms with Gasteiger partial charge in [-0.2, -0.15) is 0 Å². The van der Waals surface area contributed by atoms with E-state index in [1.54, 1.807) is 18.3 Å². The Morgan fingerprint density at radius 3 is 2.79 bits per heavy atom. The molecule has 140 valence electrons. The Morgan fingerprint density at radius 2 is 1.96 bits per heavy atom. The molecule has 1 amide bonds. The highest BCUT2D eigenvalue weighted by atomic mass is 16.5. The number of carbonyl (C=O) groups excluding carboxylic acids is 1. The third-order valence-electron chi connectivity index (χ3n) is 5.23. The summed E-state index contributed by atoms with van der Waals surface area (Å²) in [4.78, 5) is 16.8. The van der Waals surface area contributed by atoms with E-state index in [0.717, 1.165) is 25.1 Å². The Hall–Kier alpha value is -3.18. The van der Waals surface area contributed by atoms with Gasteiger partial charge < -0.3 is 14.8 Å². The lowest BCUT2D eigenvalue weighted by Gasteiger charge is -2.11. The van der Waals surface area contributed by atoms with Crippen molar-refractivity contribution in [1.82, 2.24) is 4.98 Å². The highest BCUT2D eigenvalue weighted by Crippen LogP contribution is 2.37. The lowest BCUT2D eigenvalue weighted by Crippen LogP contribution is -2.17. The van der Waals surface area contributed by atoms with E-state index in [0.29, 0.717) is 18.1 Å². The van der Waals surface area contributed by atoms with Crippen LogP contribution in [0.3, 0.4) is 0 Å². The molecular weight excluding hydrogens is 352 g/mol. The first-order valence-electron chi connectivity index (χ1n) is 9.49. The number of ether oxygens (including phenoxy) is 2. The highest BCUT2D eigenvalue weighted by molar-refractivity contribution is 6.04. The summed E-state index contributed by atoms with van der Waals surface area (Å²) in [6.07, 6.45) is 3.35. The number of hydrogen-bond donors (Lipinski definition) is 1. The van der Waals surface area contributed by atoms with Crippen LogP contribution in [0, 0.1) is 0 Å². The minimum Gasteiger partial charge on any atom is -0.472 e. The number of aromatic nitrogens is 1. The molecule has 1 aromatic heterocycles. The van der Waals surface area contributed by atoms with Gasteiger partial charge in [0.15, 0.2) is 0 Å². The number of pyridine rings is 1. The highest BCUT2D eigenvalue weighted by Gasteiger charge is 2.19. The topological polar surface area (TPSA) is 60.5 Å². The zero-order valence-corrected chi connectivity index (χ0v) is 15.4. The molecule has 28 heavy (non-hydrogen) atoms. The molecule has 2 heterocycles. The fraction of sp³-hybridized carbons (Fsp3) is 0.217. The molecule has 1 aliphatic heterocycles. The number of carbonyl (C=O) groups is 1. The molecule has 0 radical (unpaired) electrons. The molecule has 1 N–H and O–H groups in total. The summed E-state index contributed by atoms with van der Waals surface area (Å²) < 4.78 is 11.0. The van der Waals surface area contributed by atoms with Crippen LogP contribution in [0.5, 0.6) is 5.88 Å². The Morgan fingerprint density at radius 1 is 1.07 bits per heavy atom. The normalized spacial score (nSPS) is 17.1. The van der Waals surface area contributed by atoms with E-state index >= 15 is 0 Å². The molecule has 0 saturated carbocycles. The van der Waals surface area contributed by atoms with Crippen LogP contribution in [-0.2, 0) is 11.2 Å². The summed E-state index contributed by atoms with van der Waals surface area (Å²) in [5.41, 5.74) is 6.38. The van der Waals surface area contributed by atoms with Gasteiger partial charge in [0.05, 0.1) is 18.8 Å². The predicted octanol–water partition coefficient (Wildman–Crippen LogP) is 4.07. The SMILES string of the molecule is O=C(Nc1ccc2c(c1)Cc1ccccc1-2)c1ccc(OC2CCOC2)nc1. The van der Waals surface area contributed by atoms with Gasteiger partial charge in [-0.15, -0.1) is 0 Å². The fourth-order valence-electron chi connectivity index (χ4n) is 3.79. The van der Waals surface area contributed by atoms with Crippen LogP contribution in [0.4, 0.5) is 5.69 Å². The van der Waals surface area contributed by atoms with Crippen LogP contribution in [0.15, 0.2) is 60.8 Å². The van der Waals surface area contributed by atoms with Crippen LogP contribution < -0.4 is 10.1 Å². The summed E-state index contributed by atoms with van der Waals surface area (Å²) in [5.74, 6) is 0.334. The summed E-state index contributed by atoms with van der Waals surface area (Å²) in [6.45, 7) is 1.31. The summed E-state index contributed by atoms with van der Waals surface area (Å²) in [6, 6.07) is 18.0. The number of nitrogens with one attached hydrogen (secondary N) is 1. The minimum absolute atomic E-state index is 0.0442. The number of hydrogen-bond acceptors (Lipinski definition) is 4. The first kappa shape index (κ1) is 17.0. The van der Waals surface area contributed by atoms with Crippen molar-refractivity contribution >= 4 is 11.6 Å². The van der Waals surface area contributed by atoms with Gasteiger partial charge in [0.1, 0.15) is 6.10 Å². The Balaban J connectivity index is 1.27.